The monoisotopic (exact) mass is 384 g/mol. The van der Waals surface area contributed by atoms with Crippen molar-refractivity contribution in [2.75, 3.05) is 0 Å². The van der Waals surface area contributed by atoms with Gasteiger partial charge in [0.05, 0.1) is 6.04 Å². The largest absolute Gasteiger partial charge is 0.361 e. The predicted molar refractivity (Wildman–Crippen MR) is 104 cm³/mol. The Hall–Kier alpha value is -2.36. The molecule has 1 heterocycles. The molecule has 2 atom stereocenters. The number of rotatable bonds is 3. The van der Waals surface area contributed by atoms with Crippen LogP contribution in [0.2, 0.25) is 10.0 Å². The zero-order valence-electron chi connectivity index (χ0n) is 13.7. The quantitative estimate of drug-likeness (QED) is 0.591. The minimum Gasteiger partial charge on any atom is -0.361 e. The molecule has 3 aromatic rings. The summed E-state index contributed by atoms with van der Waals surface area (Å²) in [5.41, 5.74) is 2.82. The number of nitrogens with zero attached hydrogens (tertiary/aromatic N) is 1. The van der Waals surface area contributed by atoms with Crippen molar-refractivity contribution < 1.29 is 4.39 Å². The van der Waals surface area contributed by atoms with Crippen molar-refractivity contribution in [3.63, 3.8) is 0 Å². The Morgan fingerprint density at radius 3 is 2.04 bits per heavy atom. The number of amidine groups is 1. The van der Waals surface area contributed by atoms with E-state index in [9.17, 15) is 4.39 Å². The van der Waals surface area contributed by atoms with Crippen LogP contribution in [-0.2, 0) is 0 Å². The van der Waals surface area contributed by atoms with Crippen LogP contribution in [0.25, 0.3) is 0 Å². The summed E-state index contributed by atoms with van der Waals surface area (Å²) in [6.45, 7) is 0. The molecule has 4 rings (SSSR count). The second kappa shape index (κ2) is 7.10. The second-order valence-electron chi connectivity index (χ2n) is 6.16. The Morgan fingerprint density at radius 1 is 0.808 bits per heavy atom. The van der Waals surface area contributed by atoms with Crippen molar-refractivity contribution in [3.8, 4) is 0 Å². The molecule has 0 spiro atoms. The van der Waals surface area contributed by atoms with Crippen LogP contribution in [0.15, 0.2) is 77.8 Å². The lowest BCUT2D eigenvalue weighted by Crippen LogP contribution is -2.25. The molecule has 2 unspecified atom stereocenters. The number of halogens is 3. The van der Waals surface area contributed by atoms with Gasteiger partial charge in [0.15, 0.2) is 0 Å². The highest BCUT2D eigenvalue weighted by atomic mass is 35.5. The molecule has 26 heavy (non-hydrogen) atoms. The van der Waals surface area contributed by atoms with Gasteiger partial charge in [-0.05, 0) is 47.5 Å². The maximum Gasteiger partial charge on any atom is 0.129 e. The molecule has 0 saturated heterocycles. The standard InChI is InChI=1S/C21H15Cl2FN2/c22-16-8-4-13(5-9-16)19-20(14-6-10-17(23)11-7-14)26-21(25-19)15-2-1-3-18(24)12-15/h1-12,19-20H,(H,25,26). The van der Waals surface area contributed by atoms with Crippen LogP contribution >= 0.6 is 23.2 Å². The van der Waals surface area contributed by atoms with Crippen molar-refractivity contribution in [2.45, 2.75) is 12.1 Å². The van der Waals surface area contributed by atoms with Crippen LogP contribution in [0.4, 0.5) is 4.39 Å². The first-order chi connectivity index (χ1) is 12.6. The Morgan fingerprint density at radius 2 is 1.42 bits per heavy atom. The van der Waals surface area contributed by atoms with Gasteiger partial charge in [0.1, 0.15) is 17.7 Å². The van der Waals surface area contributed by atoms with Gasteiger partial charge in [-0.3, -0.25) is 4.99 Å². The fraction of sp³-hybridized carbons (Fsp3) is 0.0952. The molecule has 1 aliphatic heterocycles. The van der Waals surface area contributed by atoms with Gasteiger partial charge in [0.25, 0.3) is 0 Å². The third-order valence-electron chi connectivity index (χ3n) is 4.41. The molecule has 0 amide bonds. The van der Waals surface area contributed by atoms with E-state index in [-0.39, 0.29) is 17.9 Å². The summed E-state index contributed by atoms with van der Waals surface area (Å²) in [5.74, 6) is 0.384. The van der Waals surface area contributed by atoms with Gasteiger partial charge in [-0.1, -0.05) is 59.6 Å². The lowest BCUT2D eigenvalue weighted by molar-refractivity contribution is 0.572. The number of benzene rings is 3. The topological polar surface area (TPSA) is 24.4 Å². The molecule has 0 fully saturated rings. The Balaban J connectivity index is 1.75. The van der Waals surface area contributed by atoms with Gasteiger partial charge in [0, 0.05) is 15.6 Å². The van der Waals surface area contributed by atoms with E-state index in [4.69, 9.17) is 28.2 Å². The smallest absolute Gasteiger partial charge is 0.129 e. The minimum absolute atomic E-state index is 0.0771. The average molecular weight is 385 g/mol. The summed E-state index contributed by atoms with van der Waals surface area (Å²) in [7, 11) is 0. The SMILES string of the molecule is Fc1cccc(C2=NC(c3ccc(Cl)cc3)C(c3ccc(Cl)cc3)N2)c1. The number of hydrogen-bond donors (Lipinski definition) is 1. The second-order valence-corrected chi connectivity index (χ2v) is 7.03. The van der Waals surface area contributed by atoms with Gasteiger partial charge in [0.2, 0.25) is 0 Å². The molecular weight excluding hydrogens is 370 g/mol. The van der Waals surface area contributed by atoms with Gasteiger partial charge in [-0.25, -0.2) is 4.39 Å². The van der Waals surface area contributed by atoms with Crippen molar-refractivity contribution in [2.24, 2.45) is 4.99 Å². The van der Waals surface area contributed by atoms with Gasteiger partial charge in [-0.2, -0.15) is 0 Å². The average Bonchev–Trinajstić information content (AvgIpc) is 3.08. The van der Waals surface area contributed by atoms with E-state index in [0.29, 0.717) is 15.9 Å². The summed E-state index contributed by atoms with van der Waals surface area (Å²) in [5, 5.41) is 4.80. The molecule has 2 nitrogen and oxygen atoms in total. The predicted octanol–water partition coefficient (Wildman–Crippen LogP) is 5.96. The van der Waals surface area contributed by atoms with Crippen LogP contribution in [0.1, 0.15) is 28.8 Å². The van der Waals surface area contributed by atoms with Crippen molar-refractivity contribution in [1.82, 2.24) is 5.32 Å². The van der Waals surface area contributed by atoms with E-state index in [1.54, 1.807) is 6.07 Å². The zero-order valence-corrected chi connectivity index (χ0v) is 15.2. The molecule has 0 bridgehead atoms. The summed E-state index contributed by atoms with van der Waals surface area (Å²) in [6.07, 6.45) is 0. The van der Waals surface area contributed by atoms with E-state index < -0.39 is 0 Å². The number of hydrogen-bond acceptors (Lipinski definition) is 2. The highest BCUT2D eigenvalue weighted by Crippen LogP contribution is 2.37. The molecule has 0 aromatic heterocycles. The molecule has 0 aliphatic carbocycles. The third kappa shape index (κ3) is 3.46. The summed E-state index contributed by atoms with van der Waals surface area (Å²) < 4.78 is 13.6. The summed E-state index contributed by atoms with van der Waals surface area (Å²) in [4.78, 5) is 4.84. The van der Waals surface area contributed by atoms with Crippen LogP contribution < -0.4 is 5.32 Å². The molecule has 3 aromatic carbocycles. The van der Waals surface area contributed by atoms with E-state index in [0.717, 1.165) is 16.7 Å². The normalized spacial score (nSPS) is 19.1. The zero-order chi connectivity index (χ0) is 18.1. The number of aliphatic imine (C=N–C) groups is 1. The number of nitrogens with one attached hydrogen (secondary N) is 1. The first kappa shape index (κ1) is 17.1. The van der Waals surface area contributed by atoms with Crippen LogP contribution in [0.5, 0.6) is 0 Å². The molecular formula is C21H15Cl2FN2. The van der Waals surface area contributed by atoms with Crippen molar-refractivity contribution in [3.05, 3.63) is 105 Å². The summed E-state index contributed by atoms with van der Waals surface area (Å²) >= 11 is 12.0. The lowest BCUT2D eigenvalue weighted by Gasteiger charge is -2.20. The van der Waals surface area contributed by atoms with Gasteiger partial charge in [-0.15, -0.1) is 0 Å². The highest BCUT2D eigenvalue weighted by molar-refractivity contribution is 6.30. The summed E-state index contributed by atoms with van der Waals surface area (Å²) in [6, 6.07) is 21.5. The molecule has 1 N–H and O–H groups in total. The molecule has 0 radical (unpaired) electrons. The Labute approximate surface area is 161 Å². The van der Waals surface area contributed by atoms with E-state index in [1.807, 2.05) is 54.6 Å². The lowest BCUT2D eigenvalue weighted by atomic mass is 9.95. The van der Waals surface area contributed by atoms with Crippen LogP contribution in [0.3, 0.4) is 0 Å². The molecule has 5 heteroatoms. The maximum absolute atomic E-state index is 13.6. The van der Waals surface area contributed by atoms with E-state index >= 15 is 0 Å². The van der Waals surface area contributed by atoms with E-state index in [2.05, 4.69) is 5.32 Å². The van der Waals surface area contributed by atoms with Crippen LogP contribution in [-0.4, -0.2) is 5.84 Å². The first-order valence-electron chi connectivity index (χ1n) is 8.21. The minimum atomic E-state index is -0.287. The molecule has 130 valence electrons. The van der Waals surface area contributed by atoms with E-state index in [1.165, 1.54) is 12.1 Å². The molecule has 1 aliphatic rings. The maximum atomic E-state index is 13.6. The molecule has 0 saturated carbocycles. The third-order valence-corrected chi connectivity index (χ3v) is 4.92. The Kier molecular flexibility index (Phi) is 4.66. The van der Waals surface area contributed by atoms with Gasteiger partial charge < -0.3 is 5.32 Å². The van der Waals surface area contributed by atoms with Gasteiger partial charge >= 0.3 is 0 Å². The first-order valence-corrected chi connectivity index (χ1v) is 8.97. The fourth-order valence-corrected chi connectivity index (χ4v) is 3.39. The van der Waals surface area contributed by atoms with Crippen molar-refractivity contribution >= 4 is 29.0 Å². The Bertz CT molecular complexity index is 953. The van der Waals surface area contributed by atoms with Crippen molar-refractivity contribution in [1.29, 1.82) is 0 Å². The van der Waals surface area contributed by atoms with Crippen LogP contribution in [0, 0.1) is 5.82 Å². The highest BCUT2D eigenvalue weighted by Gasteiger charge is 2.31. The fourth-order valence-electron chi connectivity index (χ4n) is 3.13.